The minimum atomic E-state index is 0.707. The topological polar surface area (TPSA) is 70.6 Å². The molecule has 0 unspecified atom stereocenters. The molecule has 4 rings (SSSR count). The molecule has 1 N–H and O–H groups in total. The maximum absolute atomic E-state index is 10.8. The summed E-state index contributed by atoms with van der Waals surface area (Å²) in [7, 11) is 0. The third kappa shape index (κ3) is 4.37. The lowest BCUT2D eigenvalue weighted by Gasteiger charge is -2.33. The van der Waals surface area contributed by atoms with E-state index in [1.165, 1.54) is 0 Å². The Morgan fingerprint density at radius 2 is 1.61 bits per heavy atom. The Hall–Kier alpha value is -3.61. The van der Waals surface area contributed by atoms with Crippen molar-refractivity contribution in [2.75, 3.05) is 36.4 Å². The average molecular weight is 375 g/mol. The molecule has 142 valence electrons. The maximum Gasteiger partial charge on any atom is 0.209 e. The Morgan fingerprint density at radius 3 is 2.32 bits per heavy atom. The van der Waals surface area contributed by atoms with Crippen molar-refractivity contribution < 1.29 is 9.53 Å². The molecule has 1 aromatic heterocycles. The number of carbonyl (C=O) groups is 1. The second-order valence-electron chi connectivity index (χ2n) is 6.45. The quantitative estimate of drug-likeness (QED) is 0.667. The van der Waals surface area contributed by atoms with Gasteiger partial charge in [-0.05, 0) is 36.4 Å². The van der Waals surface area contributed by atoms with Gasteiger partial charge in [-0.2, -0.15) is 0 Å². The monoisotopic (exact) mass is 375 g/mol. The molecule has 28 heavy (non-hydrogen) atoms. The lowest BCUT2D eigenvalue weighted by molar-refractivity contribution is -0.118. The van der Waals surface area contributed by atoms with E-state index in [4.69, 9.17) is 4.74 Å². The number of piperazine rings is 1. The van der Waals surface area contributed by atoms with E-state index < -0.39 is 0 Å². The van der Waals surface area contributed by atoms with E-state index in [1.54, 1.807) is 11.2 Å². The Kier molecular flexibility index (Phi) is 5.33. The van der Waals surface area contributed by atoms with Crippen molar-refractivity contribution in [3.8, 4) is 11.5 Å². The van der Waals surface area contributed by atoms with Gasteiger partial charge in [0.25, 0.3) is 0 Å². The van der Waals surface area contributed by atoms with Gasteiger partial charge in [-0.15, -0.1) is 0 Å². The van der Waals surface area contributed by atoms with Crippen LogP contribution in [-0.4, -0.2) is 47.5 Å². The molecule has 0 spiro atoms. The molecule has 2 heterocycles. The molecule has 0 atom stereocenters. The van der Waals surface area contributed by atoms with Crippen LogP contribution in [0.15, 0.2) is 67.0 Å². The summed E-state index contributed by atoms with van der Waals surface area (Å²) < 4.78 is 5.81. The number of benzene rings is 2. The normalized spacial score (nSPS) is 13.9. The van der Waals surface area contributed by atoms with Crippen LogP contribution in [-0.2, 0) is 4.79 Å². The van der Waals surface area contributed by atoms with E-state index in [0.717, 1.165) is 48.3 Å². The van der Waals surface area contributed by atoms with E-state index in [9.17, 15) is 4.79 Å². The number of nitrogens with one attached hydrogen (secondary N) is 1. The van der Waals surface area contributed by atoms with E-state index in [-0.39, 0.29) is 0 Å². The fraction of sp³-hybridized carbons (Fsp3) is 0.190. The van der Waals surface area contributed by atoms with Crippen LogP contribution in [0, 0.1) is 0 Å². The molecule has 7 heteroatoms. The number of ether oxygens (including phenoxy) is 1. The Morgan fingerprint density at radius 1 is 0.893 bits per heavy atom. The van der Waals surface area contributed by atoms with Crippen molar-refractivity contribution in [2.45, 2.75) is 0 Å². The summed E-state index contributed by atoms with van der Waals surface area (Å²) in [6, 6.07) is 19.3. The minimum absolute atomic E-state index is 0.707. The standard InChI is InChI=1S/C21H21N5O2/c27-16-25-10-12-26(13-11-25)21-14-20(22-15-23-21)24-17-6-8-19(9-7-17)28-18-4-2-1-3-5-18/h1-9,14-16H,10-13H2,(H,22,23,24). The summed E-state index contributed by atoms with van der Waals surface area (Å²) in [5.74, 6) is 3.15. The number of carbonyl (C=O) groups excluding carboxylic acids is 1. The highest BCUT2D eigenvalue weighted by atomic mass is 16.5. The number of hydrogen-bond acceptors (Lipinski definition) is 6. The fourth-order valence-electron chi connectivity index (χ4n) is 3.02. The van der Waals surface area contributed by atoms with Crippen molar-refractivity contribution in [1.29, 1.82) is 0 Å². The van der Waals surface area contributed by atoms with Gasteiger partial charge in [-0.1, -0.05) is 18.2 Å². The van der Waals surface area contributed by atoms with Crippen molar-refractivity contribution >= 4 is 23.7 Å². The number of rotatable bonds is 6. The van der Waals surface area contributed by atoms with Crippen LogP contribution >= 0.6 is 0 Å². The van der Waals surface area contributed by atoms with Crippen LogP contribution < -0.4 is 15.0 Å². The summed E-state index contributed by atoms with van der Waals surface area (Å²) in [4.78, 5) is 23.4. The maximum atomic E-state index is 10.8. The first-order chi connectivity index (χ1) is 13.8. The highest BCUT2D eigenvalue weighted by Gasteiger charge is 2.17. The number of nitrogens with zero attached hydrogens (tertiary/aromatic N) is 4. The predicted molar refractivity (Wildman–Crippen MR) is 108 cm³/mol. The number of para-hydroxylation sites is 1. The number of amides is 1. The summed E-state index contributed by atoms with van der Waals surface area (Å²) >= 11 is 0. The molecule has 0 saturated carbocycles. The van der Waals surface area contributed by atoms with Gasteiger partial charge in [0.15, 0.2) is 0 Å². The second kappa shape index (κ2) is 8.39. The van der Waals surface area contributed by atoms with E-state index in [2.05, 4.69) is 20.2 Å². The van der Waals surface area contributed by atoms with Crippen LogP contribution in [0.5, 0.6) is 11.5 Å². The van der Waals surface area contributed by atoms with E-state index in [1.807, 2.05) is 60.7 Å². The van der Waals surface area contributed by atoms with Crippen LogP contribution in [0.25, 0.3) is 0 Å². The van der Waals surface area contributed by atoms with Crippen molar-refractivity contribution in [1.82, 2.24) is 14.9 Å². The Bertz CT molecular complexity index is 910. The Labute approximate surface area is 163 Å². The molecule has 7 nitrogen and oxygen atoms in total. The van der Waals surface area contributed by atoms with E-state index in [0.29, 0.717) is 13.1 Å². The zero-order chi connectivity index (χ0) is 19.2. The molecule has 1 amide bonds. The average Bonchev–Trinajstić information content (AvgIpc) is 2.76. The third-order valence-electron chi connectivity index (χ3n) is 4.55. The largest absolute Gasteiger partial charge is 0.457 e. The highest BCUT2D eigenvalue weighted by molar-refractivity contribution is 5.60. The highest BCUT2D eigenvalue weighted by Crippen LogP contribution is 2.24. The predicted octanol–water partition coefficient (Wildman–Crippen LogP) is 3.29. The molecule has 0 bridgehead atoms. The molecule has 0 radical (unpaired) electrons. The minimum Gasteiger partial charge on any atom is -0.457 e. The number of anilines is 3. The molecular weight excluding hydrogens is 354 g/mol. The zero-order valence-corrected chi connectivity index (χ0v) is 15.4. The van der Waals surface area contributed by atoms with Crippen LogP contribution in [0.4, 0.5) is 17.3 Å². The van der Waals surface area contributed by atoms with Gasteiger partial charge >= 0.3 is 0 Å². The molecule has 1 saturated heterocycles. The van der Waals surface area contributed by atoms with Crippen molar-refractivity contribution in [2.24, 2.45) is 0 Å². The molecule has 1 aliphatic rings. The second-order valence-corrected chi connectivity index (χ2v) is 6.45. The van der Waals surface area contributed by atoms with Crippen LogP contribution in [0.2, 0.25) is 0 Å². The SMILES string of the molecule is O=CN1CCN(c2cc(Nc3ccc(Oc4ccccc4)cc3)ncn2)CC1. The van der Waals surface area contributed by atoms with Gasteiger partial charge in [-0.25, -0.2) is 9.97 Å². The molecule has 0 aliphatic carbocycles. The molecule has 2 aromatic carbocycles. The summed E-state index contributed by atoms with van der Waals surface area (Å²) in [5, 5.41) is 3.29. The van der Waals surface area contributed by atoms with Gasteiger partial charge in [0.2, 0.25) is 6.41 Å². The van der Waals surface area contributed by atoms with Gasteiger partial charge in [0.05, 0.1) is 0 Å². The molecule has 1 aliphatic heterocycles. The number of hydrogen-bond donors (Lipinski definition) is 1. The summed E-state index contributed by atoms with van der Waals surface area (Å²) in [5.41, 5.74) is 0.913. The van der Waals surface area contributed by atoms with Crippen LogP contribution in [0.1, 0.15) is 0 Å². The fourth-order valence-corrected chi connectivity index (χ4v) is 3.02. The summed E-state index contributed by atoms with van der Waals surface area (Å²) in [6.07, 6.45) is 2.45. The Balaban J connectivity index is 1.39. The van der Waals surface area contributed by atoms with Crippen molar-refractivity contribution in [3.05, 3.63) is 67.0 Å². The van der Waals surface area contributed by atoms with Gasteiger partial charge < -0.3 is 19.9 Å². The molecular formula is C21H21N5O2. The lowest BCUT2D eigenvalue weighted by atomic mass is 10.3. The first-order valence-electron chi connectivity index (χ1n) is 9.16. The lowest BCUT2D eigenvalue weighted by Crippen LogP contribution is -2.46. The molecule has 3 aromatic rings. The third-order valence-corrected chi connectivity index (χ3v) is 4.55. The summed E-state index contributed by atoms with van der Waals surface area (Å²) in [6.45, 7) is 2.94. The van der Waals surface area contributed by atoms with E-state index >= 15 is 0 Å². The van der Waals surface area contributed by atoms with Gasteiger partial charge in [-0.3, -0.25) is 4.79 Å². The number of aromatic nitrogens is 2. The van der Waals surface area contributed by atoms with Gasteiger partial charge in [0, 0.05) is 37.9 Å². The van der Waals surface area contributed by atoms with Crippen molar-refractivity contribution in [3.63, 3.8) is 0 Å². The first-order valence-corrected chi connectivity index (χ1v) is 9.16. The smallest absolute Gasteiger partial charge is 0.209 e. The first kappa shape index (κ1) is 17.8. The van der Waals surface area contributed by atoms with Gasteiger partial charge in [0.1, 0.15) is 29.5 Å². The zero-order valence-electron chi connectivity index (χ0n) is 15.4. The molecule has 1 fully saturated rings. The van der Waals surface area contributed by atoms with Crippen LogP contribution in [0.3, 0.4) is 0 Å².